The number of hydrogen-bond acceptors (Lipinski definition) is 6. The monoisotopic (exact) mass is 483 g/mol. The first-order chi connectivity index (χ1) is 15.5. The van der Waals surface area contributed by atoms with Crippen LogP contribution in [0.4, 0.5) is 0 Å². The molecule has 1 unspecified atom stereocenters. The largest absolute Gasteiger partial charge is 0.493 e. The lowest BCUT2D eigenvalue weighted by Gasteiger charge is -2.33. The Morgan fingerprint density at radius 3 is 2.44 bits per heavy atom. The predicted molar refractivity (Wildman–Crippen MR) is 122 cm³/mol. The second kappa shape index (κ2) is 11.6. The molecule has 2 aromatic rings. The Bertz CT molecular complexity index is 919. The molecule has 1 fully saturated rings. The topological polar surface area (TPSA) is 66.5 Å². The van der Waals surface area contributed by atoms with E-state index in [-0.39, 0.29) is 25.0 Å². The van der Waals surface area contributed by atoms with Gasteiger partial charge >= 0.3 is 0 Å². The molecule has 0 N–H and O–H groups in total. The number of hydrogen-bond donors (Lipinski definition) is 0. The number of nitrogens with zero attached hydrogens (tertiary/aromatic N) is 1. The van der Waals surface area contributed by atoms with Crippen LogP contribution in [0.5, 0.6) is 17.2 Å². The van der Waals surface area contributed by atoms with E-state index in [4.69, 9.17) is 46.9 Å². The third-order valence-electron chi connectivity index (χ3n) is 5.23. The molecule has 1 amide bonds. The highest BCUT2D eigenvalue weighted by Gasteiger charge is 2.26. The zero-order chi connectivity index (χ0) is 23.1. The summed E-state index contributed by atoms with van der Waals surface area (Å²) in [5.41, 5.74) is 1.46. The molecule has 1 atom stereocenters. The van der Waals surface area contributed by atoms with E-state index in [1.54, 1.807) is 43.4 Å². The second-order valence-corrected chi connectivity index (χ2v) is 8.03. The van der Waals surface area contributed by atoms with Crippen LogP contribution in [0, 0.1) is 0 Å². The number of rotatable bonds is 9. The van der Waals surface area contributed by atoms with Gasteiger partial charge in [0.2, 0.25) is 11.7 Å². The van der Waals surface area contributed by atoms with Crippen LogP contribution in [0.2, 0.25) is 10.0 Å². The molecule has 7 nitrogen and oxygen atoms in total. The first kappa shape index (κ1) is 24.5. The van der Waals surface area contributed by atoms with Crippen LogP contribution in [-0.2, 0) is 27.3 Å². The summed E-state index contributed by atoms with van der Waals surface area (Å²) < 4.78 is 27.8. The van der Waals surface area contributed by atoms with Crippen molar-refractivity contribution in [3.05, 3.63) is 51.5 Å². The fourth-order valence-electron chi connectivity index (χ4n) is 3.59. The number of benzene rings is 2. The standard InChI is InChI=1S/C23H27Cl2NO6/c1-28-20-8-7-15(22(29-2)23(20)30-3)11-21(27)26-9-10-32-16(12-26)13-31-14-17-18(24)5-4-6-19(17)25/h4-8,16H,9-14H2,1-3H3. The van der Waals surface area contributed by atoms with Crippen molar-refractivity contribution < 1.29 is 28.5 Å². The van der Waals surface area contributed by atoms with E-state index in [0.29, 0.717) is 53.6 Å². The van der Waals surface area contributed by atoms with Gasteiger partial charge in [0.25, 0.3) is 0 Å². The fraction of sp³-hybridized carbons (Fsp3) is 0.435. The molecule has 1 heterocycles. The van der Waals surface area contributed by atoms with E-state index in [2.05, 4.69) is 0 Å². The normalized spacial score (nSPS) is 16.0. The second-order valence-electron chi connectivity index (χ2n) is 7.22. The van der Waals surface area contributed by atoms with Crippen molar-refractivity contribution in [2.24, 2.45) is 0 Å². The SMILES string of the molecule is COc1ccc(CC(=O)N2CCOC(COCc3c(Cl)cccc3Cl)C2)c(OC)c1OC. The number of carbonyl (C=O) groups excluding carboxylic acids is 1. The van der Waals surface area contributed by atoms with Crippen LogP contribution < -0.4 is 14.2 Å². The minimum atomic E-state index is -0.235. The van der Waals surface area contributed by atoms with E-state index in [1.165, 1.54) is 7.11 Å². The van der Waals surface area contributed by atoms with Crippen molar-refractivity contribution in [3.63, 3.8) is 0 Å². The summed E-state index contributed by atoms with van der Waals surface area (Å²) in [6, 6.07) is 8.90. The highest BCUT2D eigenvalue weighted by Crippen LogP contribution is 2.40. The molecule has 1 aliphatic rings. The van der Waals surface area contributed by atoms with Gasteiger partial charge in [-0.2, -0.15) is 0 Å². The average Bonchev–Trinajstić information content (AvgIpc) is 2.80. The number of ether oxygens (including phenoxy) is 5. The summed E-state index contributed by atoms with van der Waals surface area (Å²) in [6.07, 6.45) is -0.0620. The Balaban J connectivity index is 1.59. The summed E-state index contributed by atoms with van der Waals surface area (Å²) >= 11 is 12.4. The van der Waals surface area contributed by atoms with Gasteiger partial charge in [0, 0.05) is 34.3 Å². The smallest absolute Gasteiger partial charge is 0.227 e. The van der Waals surface area contributed by atoms with E-state index in [9.17, 15) is 4.79 Å². The van der Waals surface area contributed by atoms with Gasteiger partial charge in [-0.05, 0) is 18.2 Å². The van der Waals surface area contributed by atoms with E-state index in [0.717, 1.165) is 11.1 Å². The average molecular weight is 484 g/mol. The van der Waals surface area contributed by atoms with Gasteiger partial charge in [-0.1, -0.05) is 35.3 Å². The lowest BCUT2D eigenvalue weighted by Crippen LogP contribution is -2.47. The zero-order valence-corrected chi connectivity index (χ0v) is 19.9. The van der Waals surface area contributed by atoms with Gasteiger partial charge in [-0.3, -0.25) is 4.79 Å². The molecule has 1 saturated heterocycles. The molecular formula is C23H27Cl2NO6. The van der Waals surface area contributed by atoms with Gasteiger partial charge in [-0.15, -0.1) is 0 Å². The Morgan fingerprint density at radius 2 is 1.78 bits per heavy atom. The van der Waals surface area contributed by atoms with Crippen molar-refractivity contribution >= 4 is 29.1 Å². The maximum Gasteiger partial charge on any atom is 0.227 e. The third-order valence-corrected chi connectivity index (χ3v) is 5.94. The van der Waals surface area contributed by atoms with Crippen LogP contribution in [0.1, 0.15) is 11.1 Å². The molecule has 9 heteroatoms. The first-order valence-corrected chi connectivity index (χ1v) is 10.9. The van der Waals surface area contributed by atoms with Crippen LogP contribution >= 0.6 is 23.2 Å². The molecule has 0 saturated carbocycles. The van der Waals surface area contributed by atoms with Gasteiger partial charge < -0.3 is 28.6 Å². The van der Waals surface area contributed by atoms with Gasteiger partial charge in [-0.25, -0.2) is 0 Å². The Hall–Kier alpha value is -2.19. The predicted octanol–water partition coefficient (Wildman–Crippen LogP) is 4.01. The van der Waals surface area contributed by atoms with E-state index < -0.39 is 0 Å². The number of carbonyl (C=O) groups is 1. The molecule has 0 bridgehead atoms. The lowest BCUT2D eigenvalue weighted by atomic mass is 10.1. The highest BCUT2D eigenvalue weighted by atomic mass is 35.5. The number of halogens is 2. The van der Waals surface area contributed by atoms with Gasteiger partial charge in [0.1, 0.15) is 0 Å². The number of morpholine rings is 1. The summed E-state index contributed by atoms with van der Waals surface area (Å²) in [7, 11) is 4.63. The maximum atomic E-state index is 13.0. The molecule has 32 heavy (non-hydrogen) atoms. The Labute approximate surface area is 198 Å². The number of methoxy groups -OCH3 is 3. The molecular weight excluding hydrogens is 457 g/mol. The van der Waals surface area contributed by atoms with Gasteiger partial charge in [0.05, 0.1) is 53.7 Å². The zero-order valence-electron chi connectivity index (χ0n) is 18.4. The summed E-state index contributed by atoms with van der Waals surface area (Å²) in [5.74, 6) is 1.47. The minimum Gasteiger partial charge on any atom is -0.493 e. The van der Waals surface area contributed by atoms with Crippen molar-refractivity contribution in [1.82, 2.24) is 4.90 Å². The van der Waals surface area contributed by atoms with E-state index in [1.807, 2.05) is 6.07 Å². The van der Waals surface area contributed by atoms with Crippen molar-refractivity contribution in [2.75, 3.05) is 47.6 Å². The Morgan fingerprint density at radius 1 is 1.06 bits per heavy atom. The summed E-state index contributed by atoms with van der Waals surface area (Å²) in [5, 5.41) is 1.12. The molecule has 2 aromatic carbocycles. The van der Waals surface area contributed by atoms with Crippen LogP contribution in [0.3, 0.4) is 0 Å². The maximum absolute atomic E-state index is 13.0. The summed E-state index contributed by atoms with van der Waals surface area (Å²) in [6.45, 7) is 1.99. The molecule has 0 aliphatic carbocycles. The molecule has 174 valence electrons. The number of amides is 1. The molecule has 3 rings (SSSR count). The van der Waals surface area contributed by atoms with Crippen molar-refractivity contribution in [3.8, 4) is 17.2 Å². The van der Waals surface area contributed by atoms with Crippen LogP contribution in [-0.4, -0.2) is 64.5 Å². The van der Waals surface area contributed by atoms with Crippen molar-refractivity contribution in [1.29, 1.82) is 0 Å². The van der Waals surface area contributed by atoms with Crippen LogP contribution in [0.25, 0.3) is 0 Å². The minimum absolute atomic E-state index is 0.0297. The third kappa shape index (κ3) is 5.78. The highest BCUT2D eigenvalue weighted by molar-refractivity contribution is 6.35. The van der Waals surface area contributed by atoms with Crippen LogP contribution in [0.15, 0.2) is 30.3 Å². The quantitative estimate of drug-likeness (QED) is 0.536. The van der Waals surface area contributed by atoms with Gasteiger partial charge in [0.15, 0.2) is 11.5 Å². The fourth-order valence-corrected chi connectivity index (χ4v) is 4.09. The molecule has 0 aromatic heterocycles. The summed E-state index contributed by atoms with van der Waals surface area (Å²) in [4.78, 5) is 14.8. The Kier molecular flexibility index (Phi) is 8.87. The first-order valence-electron chi connectivity index (χ1n) is 10.2. The van der Waals surface area contributed by atoms with E-state index >= 15 is 0 Å². The molecule has 0 spiro atoms. The molecule has 1 aliphatic heterocycles. The van der Waals surface area contributed by atoms with Crippen molar-refractivity contribution in [2.45, 2.75) is 19.1 Å². The molecule has 0 radical (unpaired) electrons. The lowest BCUT2D eigenvalue weighted by molar-refractivity contribution is -0.140.